The van der Waals surface area contributed by atoms with Gasteiger partial charge in [0.15, 0.2) is 0 Å². The molecule has 0 N–H and O–H groups in total. The molecule has 3 rings (SSSR count). The minimum absolute atomic E-state index is 0. The molecule has 0 atom stereocenters. The Morgan fingerprint density at radius 2 is 0.714 bits per heavy atom. The first kappa shape index (κ1) is 58.6. The number of benzene rings is 3. The summed E-state index contributed by atoms with van der Waals surface area (Å²) < 4.78 is 0. The number of aryl methyl sites for hydroxylation is 2. The van der Waals surface area contributed by atoms with Crippen LogP contribution < -0.4 is 0 Å². The van der Waals surface area contributed by atoms with E-state index in [0.717, 1.165) is 0 Å². The maximum atomic E-state index is 2.20. The van der Waals surface area contributed by atoms with Gasteiger partial charge in [0.2, 0.25) is 0 Å². The van der Waals surface area contributed by atoms with E-state index in [1.54, 1.807) is 0 Å². The van der Waals surface area contributed by atoms with Gasteiger partial charge in [0.1, 0.15) is 0 Å². The second kappa shape index (κ2) is 58.1. The van der Waals surface area contributed by atoms with Gasteiger partial charge >= 0.3 is 0 Å². The lowest BCUT2D eigenvalue weighted by Crippen LogP contribution is -1.73. The highest BCUT2D eigenvalue weighted by Crippen LogP contribution is 2.14. The molecule has 3 aromatic rings. The lowest BCUT2D eigenvalue weighted by atomic mass is 10.1. The molecule has 0 aromatic heterocycles. The average Bonchev–Trinajstić information content (AvgIpc) is 2.87. The van der Waals surface area contributed by atoms with Gasteiger partial charge in [-0.05, 0) is 24.6 Å². The third-order valence-corrected chi connectivity index (χ3v) is 2.85. The Kier molecular flexibility index (Phi) is 97.3. The predicted octanol–water partition coefficient (Wildman–Crippen LogP) is 14.2. The number of rotatable bonds is 0. The fraction of sp³-hybridized carbons (Fsp3) is 0.543. The molecule has 0 aliphatic rings. The van der Waals surface area contributed by atoms with Crippen molar-refractivity contribution < 1.29 is 0 Å². The maximum Gasteiger partial charge on any atom is -0.0181 e. The fourth-order valence-corrected chi connectivity index (χ4v) is 1.84. The van der Waals surface area contributed by atoms with Crippen molar-refractivity contribution >= 4 is 10.8 Å². The monoisotopic (exact) mass is 493 g/mol. The molecule has 3 aromatic carbocycles. The standard InChI is InChI=1S/C11H10.C7H8.C3H8.5C2H6.4CH4/c1-9-6-7-10-4-2-3-5-11(10)8-9;1-7-5-3-2-4-6-7;1-3-2;5*1-2;;;;/h2-8H,1H3;2-6H,1H3;3H2,1-2H3;5*1-2H3;4*1H4. The van der Waals surface area contributed by atoms with E-state index in [4.69, 9.17) is 0 Å². The van der Waals surface area contributed by atoms with Crippen molar-refractivity contribution in [1.29, 1.82) is 0 Å². The van der Waals surface area contributed by atoms with Gasteiger partial charge in [0.25, 0.3) is 0 Å². The van der Waals surface area contributed by atoms with Crippen molar-refractivity contribution in [1.82, 2.24) is 0 Å². The zero-order valence-electron chi connectivity index (χ0n) is 23.6. The molecule has 0 saturated heterocycles. The van der Waals surface area contributed by atoms with Crippen molar-refractivity contribution in [2.75, 3.05) is 0 Å². The van der Waals surface area contributed by atoms with E-state index in [1.807, 2.05) is 87.4 Å². The Bertz CT molecular complexity index is 624. The molecule has 0 spiro atoms. The lowest BCUT2D eigenvalue weighted by Gasteiger charge is -1.96. The van der Waals surface area contributed by atoms with Crippen molar-refractivity contribution in [2.24, 2.45) is 0 Å². The first-order chi connectivity index (χ1) is 15.2. The van der Waals surface area contributed by atoms with Gasteiger partial charge in [-0.15, -0.1) is 0 Å². The van der Waals surface area contributed by atoms with Crippen LogP contribution in [0.1, 0.15) is 130 Å². The van der Waals surface area contributed by atoms with Crippen LogP contribution in [0.2, 0.25) is 0 Å². The quantitative estimate of drug-likeness (QED) is 0.292. The van der Waals surface area contributed by atoms with Crippen LogP contribution >= 0.6 is 0 Å². The molecule has 0 heterocycles. The van der Waals surface area contributed by atoms with Crippen LogP contribution in [-0.2, 0) is 0 Å². The molecule has 0 unspecified atom stereocenters. The van der Waals surface area contributed by atoms with Gasteiger partial charge in [-0.1, -0.05) is 203 Å². The molecule has 0 heteroatoms. The van der Waals surface area contributed by atoms with Crippen molar-refractivity contribution in [3.8, 4) is 0 Å². The van der Waals surface area contributed by atoms with Gasteiger partial charge in [-0.2, -0.15) is 0 Å². The molecule has 0 amide bonds. The zero-order chi connectivity index (χ0) is 25.5. The summed E-state index contributed by atoms with van der Waals surface area (Å²) in [6, 6.07) is 25.2. The largest absolute Gasteiger partial charge is 0.0776 e. The normalized spacial score (nSPS) is 6.34. The van der Waals surface area contributed by atoms with Crippen LogP contribution in [0.5, 0.6) is 0 Å². The van der Waals surface area contributed by atoms with Gasteiger partial charge in [0.05, 0.1) is 0 Å². The van der Waals surface area contributed by atoms with Gasteiger partial charge in [-0.25, -0.2) is 0 Å². The molecule has 0 fully saturated rings. The SMILES string of the molecule is C.C.C.C.CC.CC.CC.CC.CC.CCC.Cc1ccc2ccccc2c1.Cc1ccccc1. The lowest BCUT2D eigenvalue weighted by molar-refractivity contribution is 1.09. The summed E-state index contributed by atoms with van der Waals surface area (Å²) in [7, 11) is 0. The molecular weight excluding hydrogens is 420 g/mol. The summed E-state index contributed by atoms with van der Waals surface area (Å²) in [6.07, 6.45) is 1.25. The molecule has 0 radical (unpaired) electrons. The maximum absolute atomic E-state index is 2.20. The molecule has 0 bridgehead atoms. The Hall–Kier alpha value is -2.08. The number of hydrogen-bond acceptors (Lipinski definition) is 0. The van der Waals surface area contributed by atoms with E-state index < -0.39 is 0 Å². The van der Waals surface area contributed by atoms with Crippen molar-refractivity contribution in [3.63, 3.8) is 0 Å². The van der Waals surface area contributed by atoms with Crippen LogP contribution in [0.15, 0.2) is 72.8 Å². The second-order valence-corrected chi connectivity index (χ2v) is 5.21. The first-order valence-corrected chi connectivity index (χ1v) is 12.6. The highest BCUT2D eigenvalue weighted by atomic mass is 13.9. The molecule has 212 valence electrons. The molecule has 0 aliphatic carbocycles. The van der Waals surface area contributed by atoms with Gasteiger partial charge < -0.3 is 0 Å². The summed E-state index contributed by atoms with van der Waals surface area (Å²) in [5, 5.41) is 2.64. The van der Waals surface area contributed by atoms with Gasteiger partial charge in [0, 0.05) is 0 Å². The van der Waals surface area contributed by atoms with E-state index in [1.165, 1.54) is 28.3 Å². The van der Waals surface area contributed by atoms with E-state index in [-0.39, 0.29) is 29.7 Å². The van der Waals surface area contributed by atoms with Crippen LogP contribution in [0.4, 0.5) is 0 Å². The zero-order valence-corrected chi connectivity index (χ0v) is 23.6. The van der Waals surface area contributed by atoms with E-state index >= 15 is 0 Å². The minimum Gasteiger partial charge on any atom is -0.0776 e. The third-order valence-electron chi connectivity index (χ3n) is 2.85. The third kappa shape index (κ3) is 42.5. The Labute approximate surface area is 227 Å². The Balaban J connectivity index is -0.0000000358. The fourth-order valence-electron chi connectivity index (χ4n) is 1.84. The number of fused-ring (bicyclic) bond motifs is 1. The highest BCUT2D eigenvalue weighted by Gasteiger charge is 1.89. The Morgan fingerprint density at radius 1 is 0.400 bits per heavy atom. The van der Waals surface area contributed by atoms with E-state index in [2.05, 4.69) is 82.3 Å². The van der Waals surface area contributed by atoms with Gasteiger partial charge in [-0.3, -0.25) is 0 Å². The van der Waals surface area contributed by atoms with Crippen molar-refractivity contribution in [2.45, 2.75) is 133 Å². The molecule has 0 aliphatic heterocycles. The van der Waals surface area contributed by atoms with E-state index in [9.17, 15) is 0 Å². The summed E-state index contributed by atoms with van der Waals surface area (Å²) in [5.74, 6) is 0. The van der Waals surface area contributed by atoms with Crippen LogP contribution in [0.3, 0.4) is 0 Å². The predicted molar refractivity (Wildman–Crippen MR) is 179 cm³/mol. The summed E-state index contributed by atoms with van der Waals surface area (Å²) in [6.45, 7) is 28.5. The number of hydrogen-bond donors (Lipinski definition) is 0. The first-order valence-electron chi connectivity index (χ1n) is 12.6. The summed E-state index contributed by atoms with van der Waals surface area (Å²) in [5.41, 5.74) is 2.64. The molecule has 35 heavy (non-hydrogen) atoms. The molecular formula is C35H72. The summed E-state index contributed by atoms with van der Waals surface area (Å²) in [4.78, 5) is 0. The van der Waals surface area contributed by atoms with Crippen LogP contribution in [0, 0.1) is 13.8 Å². The Morgan fingerprint density at radius 3 is 1.03 bits per heavy atom. The smallest absolute Gasteiger partial charge is 0.0181 e. The molecule has 0 saturated carbocycles. The topological polar surface area (TPSA) is 0 Å². The summed E-state index contributed by atoms with van der Waals surface area (Å²) >= 11 is 0. The molecule has 0 nitrogen and oxygen atoms in total. The van der Waals surface area contributed by atoms with Crippen molar-refractivity contribution in [3.05, 3.63) is 83.9 Å². The van der Waals surface area contributed by atoms with E-state index in [0.29, 0.717) is 0 Å². The van der Waals surface area contributed by atoms with Crippen LogP contribution in [0.25, 0.3) is 10.8 Å². The van der Waals surface area contributed by atoms with Crippen LogP contribution in [-0.4, -0.2) is 0 Å². The minimum atomic E-state index is 0. The highest BCUT2D eigenvalue weighted by molar-refractivity contribution is 5.82. The average molecular weight is 493 g/mol. The second-order valence-electron chi connectivity index (χ2n) is 5.21.